The number of likely N-dealkylation sites (N-methyl/N-ethyl adjacent to an activating group) is 1. The summed E-state index contributed by atoms with van der Waals surface area (Å²) in [5, 5.41) is 0. The van der Waals surface area contributed by atoms with Gasteiger partial charge in [-0.3, -0.25) is 4.98 Å². The van der Waals surface area contributed by atoms with Crippen molar-refractivity contribution in [2.24, 2.45) is 11.8 Å². The van der Waals surface area contributed by atoms with Crippen LogP contribution in [0.15, 0.2) is 30.5 Å². The van der Waals surface area contributed by atoms with Crippen molar-refractivity contribution in [2.45, 2.75) is 59.8 Å². The summed E-state index contributed by atoms with van der Waals surface area (Å²) in [7, 11) is 4.19. The highest BCUT2D eigenvalue weighted by Crippen LogP contribution is 2.44. The summed E-state index contributed by atoms with van der Waals surface area (Å²) < 4.78 is 14.7. The lowest BCUT2D eigenvalue weighted by Gasteiger charge is -2.30. The van der Waals surface area contributed by atoms with E-state index in [0.717, 1.165) is 29.8 Å². The average molecular weight is 409 g/mol. The molecule has 1 fully saturated rings. The Balaban J connectivity index is 2.30. The third kappa shape index (κ3) is 5.00. The molecule has 1 saturated carbocycles. The van der Waals surface area contributed by atoms with E-state index in [4.69, 9.17) is 4.98 Å². The van der Waals surface area contributed by atoms with Crippen LogP contribution < -0.4 is 0 Å². The summed E-state index contributed by atoms with van der Waals surface area (Å²) in [5.74, 6) is 0.999. The molecule has 1 aliphatic carbocycles. The molecule has 1 heterocycles. The van der Waals surface area contributed by atoms with Gasteiger partial charge in [-0.2, -0.15) is 0 Å². The molecule has 2 nitrogen and oxygen atoms in total. The largest absolute Gasteiger partial charge is 0.305 e. The van der Waals surface area contributed by atoms with Crippen LogP contribution in [-0.2, 0) is 0 Å². The van der Waals surface area contributed by atoms with Crippen molar-refractivity contribution >= 4 is 11.1 Å². The quantitative estimate of drug-likeness (QED) is 0.499. The van der Waals surface area contributed by atoms with Crippen molar-refractivity contribution in [2.75, 3.05) is 20.6 Å². The van der Waals surface area contributed by atoms with Crippen molar-refractivity contribution in [1.82, 2.24) is 9.88 Å². The average Bonchev–Trinajstić information content (AvgIpc) is 3.22. The van der Waals surface area contributed by atoms with Crippen LogP contribution in [-0.4, -0.2) is 30.5 Å². The Bertz CT molecular complexity index is 890. The second-order valence-electron chi connectivity index (χ2n) is 9.33. The first-order valence-corrected chi connectivity index (χ1v) is 11.4. The van der Waals surface area contributed by atoms with Crippen LogP contribution in [0.2, 0.25) is 0 Å². The van der Waals surface area contributed by atoms with Crippen LogP contribution >= 0.6 is 0 Å². The lowest BCUT2D eigenvalue weighted by molar-refractivity contribution is 0.404. The second kappa shape index (κ2) is 9.87. The Kier molecular flexibility index (Phi) is 7.46. The molecular formula is C27H37FN2. The summed E-state index contributed by atoms with van der Waals surface area (Å²) in [6.45, 7) is 9.10. The van der Waals surface area contributed by atoms with E-state index in [1.807, 2.05) is 19.2 Å². The highest BCUT2D eigenvalue weighted by Gasteiger charge is 2.31. The number of halogens is 1. The Morgan fingerprint density at radius 1 is 1.10 bits per heavy atom. The fourth-order valence-corrected chi connectivity index (χ4v) is 5.11. The van der Waals surface area contributed by atoms with Gasteiger partial charge in [-0.25, -0.2) is 4.39 Å². The molecule has 0 spiro atoms. The van der Waals surface area contributed by atoms with Crippen LogP contribution in [0, 0.1) is 38.4 Å². The second-order valence-corrected chi connectivity index (χ2v) is 9.33. The van der Waals surface area contributed by atoms with Gasteiger partial charge in [-0.1, -0.05) is 31.9 Å². The molecule has 1 unspecified atom stereocenters. The molecule has 3 rings (SSSR count). The zero-order valence-corrected chi connectivity index (χ0v) is 19.6. The molecule has 0 amide bonds. The van der Waals surface area contributed by atoms with Crippen LogP contribution in [0.1, 0.15) is 67.0 Å². The normalized spacial score (nSPS) is 16.8. The maximum atomic E-state index is 14.7. The van der Waals surface area contributed by atoms with Crippen molar-refractivity contribution in [1.29, 1.82) is 0 Å². The van der Waals surface area contributed by atoms with E-state index < -0.39 is 0 Å². The highest BCUT2D eigenvalue weighted by atomic mass is 19.1. The Labute approximate surface area is 182 Å². The van der Waals surface area contributed by atoms with Crippen LogP contribution in [0.25, 0.3) is 11.1 Å². The van der Waals surface area contributed by atoms with E-state index in [9.17, 15) is 4.39 Å². The van der Waals surface area contributed by atoms with Crippen molar-refractivity contribution in [3.05, 3.63) is 64.2 Å². The molecule has 0 aliphatic heterocycles. The van der Waals surface area contributed by atoms with Crippen molar-refractivity contribution in [3.63, 3.8) is 0 Å². The Hall–Kier alpha value is -2.00. The zero-order chi connectivity index (χ0) is 21.8. The predicted molar refractivity (Wildman–Crippen MR) is 126 cm³/mol. The van der Waals surface area contributed by atoms with E-state index >= 15 is 0 Å². The summed E-state index contributed by atoms with van der Waals surface area (Å²) >= 11 is 0. The van der Waals surface area contributed by atoms with E-state index in [1.54, 1.807) is 6.07 Å². The lowest BCUT2D eigenvalue weighted by atomic mass is 9.77. The van der Waals surface area contributed by atoms with Crippen LogP contribution in [0.3, 0.4) is 0 Å². The molecular weight excluding hydrogens is 371 g/mol. The van der Waals surface area contributed by atoms with Gasteiger partial charge < -0.3 is 4.90 Å². The zero-order valence-electron chi connectivity index (χ0n) is 19.6. The first kappa shape index (κ1) is 22.7. The topological polar surface area (TPSA) is 16.1 Å². The summed E-state index contributed by atoms with van der Waals surface area (Å²) in [4.78, 5) is 7.07. The number of rotatable bonds is 7. The lowest BCUT2D eigenvalue weighted by Crippen LogP contribution is -2.21. The van der Waals surface area contributed by atoms with Gasteiger partial charge in [0.1, 0.15) is 5.82 Å². The maximum Gasteiger partial charge on any atom is 0.126 e. The summed E-state index contributed by atoms with van der Waals surface area (Å²) in [5.41, 5.74) is 7.64. The first-order chi connectivity index (χ1) is 14.3. The van der Waals surface area contributed by atoms with Gasteiger partial charge in [0.05, 0.1) is 5.69 Å². The van der Waals surface area contributed by atoms with E-state index in [-0.39, 0.29) is 5.82 Å². The molecule has 162 valence electrons. The third-order valence-electron chi connectivity index (χ3n) is 6.60. The van der Waals surface area contributed by atoms with Gasteiger partial charge in [0.25, 0.3) is 0 Å². The highest BCUT2D eigenvalue weighted by molar-refractivity contribution is 5.92. The third-order valence-corrected chi connectivity index (χ3v) is 6.60. The number of nitrogens with zero attached hydrogens (tertiary/aromatic N) is 2. The standard InChI is InChI=1S/C27H37FN2/c1-7-22(21-10-8-9-11-21)27(26-13-12-18(2)16-29-26)24(17-30(5)6)23-15-25(28)20(4)14-19(23)3/h12-16,21-22H,7-11,17H2,1-6H3/b27-24+. The number of aryl methyl sites for hydroxylation is 3. The fraction of sp³-hybridized carbons (Fsp3) is 0.519. The van der Waals surface area contributed by atoms with Crippen LogP contribution in [0.4, 0.5) is 4.39 Å². The van der Waals surface area contributed by atoms with Gasteiger partial charge in [-0.15, -0.1) is 0 Å². The number of hydrogen-bond donors (Lipinski definition) is 0. The Morgan fingerprint density at radius 2 is 1.80 bits per heavy atom. The summed E-state index contributed by atoms with van der Waals surface area (Å²) in [6.07, 6.45) is 8.25. The number of benzene rings is 1. The minimum absolute atomic E-state index is 0.128. The number of pyridine rings is 1. The molecule has 1 aliphatic rings. The molecule has 0 saturated heterocycles. The first-order valence-electron chi connectivity index (χ1n) is 11.4. The summed E-state index contributed by atoms with van der Waals surface area (Å²) in [6, 6.07) is 8.05. The predicted octanol–water partition coefficient (Wildman–Crippen LogP) is 6.83. The SMILES string of the molecule is CCC(/C(=C(/CN(C)C)c1cc(F)c(C)cc1C)c1ccc(C)cn1)C1CCCC1. The molecule has 1 aromatic carbocycles. The van der Waals surface area contributed by atoms with Gasteiger partial charge in [0, 0.05) is 12.7 Å². The molecule has 0 N–H and O–H groups in total. The molecule has 30 heavy (non-hydrogen) atoms. The molecule has 2 aromatic rings. The number of hydrogen-bond acceptors (Lipinski definition) is 2. The molecule has 0 radical (unpaired) electrons. The van der Waals surface area contributed by atoms with Gasteiger partial charge in [-0.05, 0) is 111 Å². The number of allylic oxidation sites excluding steroid dienone is 1. The Morgan fingerprint density at radius 3 is 2.37 bits per heavy atom. The van der Waals surface area contributed by atoms with Gasteiger partial charge >= 0.3 is 0 Å². The van der Waals surface area contributed by atoms with Gasteiger partial charge in [0.15, 0.2) is 0 Å². The molecule has 1 atom stereocenters. The van der Waals surface area contributed by atoms with Crippen LogP contribution in [0.5, 0.6) is 0 Å². The smallest absolute Gasteiger partial charge is 0.126 e. The minimum atomic E-state index is -0.128. The van der Waals surface area contributed by atoms with Gasteiger partial charge in [0.2, 0.25) is 0 Å². The minimum Gasteiger partial charge on any atom is -0.305 e. The molecule has 3 heteroatoms. The fourth-order valence-electron chi connectivity index (χ4n) is 5.11. The van der Waals surface area contributed by atoms with E-state index in [0.29, 0.717) is 17.4 Å². The molecule has 1 aromatic heterocycles. The van der Waals surface area contributed by atoms with Crippen molar-refractivity contribution < 1.29 is 4.39 Å². The van der Waals surface area contributed by atoms with E-state index in [1.165, 1.54) is 42.4 Å². The maximum absolute atomic E-state index is 14.7. The van der Waals surface area contributed by atoms with E-state index in [2.05, 4.69) is 51.9 Å². The molecule has 0 bridgehead atoms. The monoisotopic (exact) mass is 408 g/mol. The number of aromatic nitrogens is 1. The van der Waals surface area contributed by atoms with Crippen molar-refractivity contribution in [3.8, 4) is 0 Å².